The van der Waals surface area contributed by atoms with E-state index in [-0.39, 0.29) is 35.0 Å². The van der Waals surface area contributed by atoms with Crippen molar-refractivity contribution in [2.45, 2.75) is 297 Å². The summed E-state index contributed by atoms with van der Waals surface area (Å²) < 4.78 is 0. The van der Waals surface area contributed by atoms with Crippen LogP contribution in [0.25, 0.3) is 64.6 Å². The zero-order chi connectivity index (χ0) is 54.9. The minimum Gasteiger partial charge on any atom is -0.494 e. The molecule has 78 heavy (non-hydrogen) atoms. The lowest BCUT2D eigenvalue weighted by Gasteiger charge is -2.20. The smallest absolute Gasteiger partial charge is 0.258 e. The third-order valence-electron chi connectivity index (χ3n) is 17.7. The first-order valence-electron chi connectivity index (χ1n) is 32.8. The molecule has 8 heteroatoms. The summed E-state index contributed by atoms with van der Waals surface area (Å²) in [7, 11) is 0. The molecule has 7 rings (SSSR count). The fraction of sp³-hybridized carbons (Fsp3) is 0.657. The van der Waals surface area contributed by atoms with Gasteiger partial charge in [-0.15, -0.1) is 0 Å². The van der Waals surface area contributed by atoms with Crippen molar-refractivity contribution < 1.29 is 10.2 Å². The summed E-state index contributed by atoms with van der Waals surface area (Å²) in [6.07, 6.45) is 49.8. The van der Waals surface area contributed by atoms with E-state index in [2.05, 4.69) is 49.8 Å². The number of nitrogens with zero attached hydrogens (tertiary/aromatic N) is 2. The van der Waals surface area contributed by atoms with E-state index in [4.69, 9.17) is 9.98 Å². The number of hydrogen-bond donors (Lipinski definition) is 4. The summed E-state index contributed by atoms with van der Waals surface area (Å²) in [6.45, 7) is 9.12. The molecular weight excluding hydrogens is 961 g/mol. The van der Waals surface area contributed by atoms with Gasteiger partial charge in [-0.05, 0) is 60.7 Å². The lowest BCUT2D eigenvalue weighted by molar-refractivity contribution is 0.458. The quantitative estimate of drug-likeness (QED) is 0.0172. The van der Waals surface area contributed by atoms with Crippen molar-refractivity contribution in [3.63, 3.8) is 0 Å². The van der Waals surface area contributed by atoms with E-state index in [9.17, 15) is 19.8 Å². The highest BCUT2D eigenvalue weighted by Gasteiger charge is 2.25. The highest BCUT2D eigenvalue weighted by molar-refractivity contribution is 6.39. The fourth-order valence-corrected chi connectivity index (χ4v) is 13.2. The molecule has 0 bridgehead atoms. The Morgan fingerprint density at radius 2 is 0.564 bits per heavy atom. The van der Waals surface area contributed by atoms with Gasteiger partial charge in [0.25, 0.3) is 11.1 Å². The average molecular weight is 1070 g/mol. The van der Waals surface area contributed by atoms with Crippen LogP contribution in [0.3, 0.4) is 0 Å². The molecule has 0 aliphatic carbocycles. The van der Waals surface area contributed by atoms with Crippen LogP contribution < -0.4 is 21.8 Å². The van der Waals surface area contributed by atoms with Gasteiger partial charge in [0.15, 0.2) is 11.8 Å². The van der Waals surface area contributed by atoms with Gasteiger partial charge in [-0.3, -0.25) is 29.5 Å². The standard InChI is InChI=1S/C70H104N4O4/c1-5-9-13-17-21-25-29-33-37-41-51(42-38-34-30-26-22-18-14-10-6-2)71-59-49-57-61-55(67(75)73-69(57)77)48-46-54-64-60(50-58-62-56(68(76)74-70(58)78)47-45-53(66(62)64)63(59)65(54)61)72-52(43-39-35-31-27-23-19-15-11-7-3)44-40-36-32-28-24-20-16-12-8-4/h45-52,75-76H,5-44H2,1-4H3,(H,73,77)(H,74,78). The predicted octanol–water partition coefficient (Wildman–Crippen LogP) is 19.9. The summed E-state index contributed by atoms with van der Waals surface area (Å²) in [5.41, 5.74) is -0.651. The largest absolute Gasteiger partial charge is 0.494 e. The van der Waals surface area contributed by atoms with Crippen LogP contribution in [0.4, 0.5) is 0 Å². The molecule has 8 nitrogen and oxygen atoms in total. The zero-order valence-corrected chi connectivity index (χ0v) is 49.5. The van der Waals surface area contributed by atoms with Crippen LogP contribution in [0.2, 0.25) is 0 Å². The lowest BCUT2D eigenvalue weighted by Crippen LogP contribution is -2.19. The monoisotopic (exact) mass is 1060 g/mol. The minimum absolute atomic E-state index is 0.0798. The number of aromatic hydroxyl groups is 2. The SMILES string of the molecule is CCCCCCCCCCCC(CCCCCCCCCCC)N=c1cc2c(=O)[nH]c(O)c3ccc4c5c(=NC(CCCCCCCCCCC)CCCCCCCCCCC)cc6c(=O)[nH]c(O)c7ccc(c1c4c32)c5c76. The van der Waals surface area contributed by atoms with Crippen LogP contribution in [0.5, 0.6) is 11.8 Å². The number of aromatic nitrogens is 2. The summed E-state index contributed by atoms with van der Waals surface area (Å²) in [4.78, 5) is 45.6. The van der Waals surface area contributed by atoms with E-state index >= 15 is 0 Å². The van der Waals surface area contributed by atoms with Crippen molar-refractivity contribution in [1.29, 1.82) is 0 Å². The molecule has 4 N–H and O–H groups in total. The molecule has 7 aromatic rings. The molecular formula is C70H104N4O4. The van der Waals surface area contributed by atoms with Gasteiger partial charge in [0.1, 0.15) is 0 Å². The van der Waals surface area contributed by atoms with Crippen LogP contribution in [0.15, 0.2) is 56.0 Å². The van der Waals surface area contributed by atoms with E-state index in [0.29, 0.717) is 21.5 Å². The number of benzene rings is 5. The molecule has 0 atom stereocenters. The van der Waals surface area contributed by atoms with Crippen LogP contribution in [0.1, 0.15) is 285 Å². The van der Waals surface area contributed by atoms with Crippen LogP contribution in [0, 0.1) is 0 Å². The first-order valence-corrected chi connectivity index (χ1v) is 32.8. The Kier molecular flexibility index (Phi) is 25.9. The lowest BCUT2D eigenvalue weighted by atomic mass is 9.85. The summed E-state index contributed by atoms with van der Waals surface area (Å²) in [6, 6.07) is 12.2. The Morgan fingerprint density at radius 3 is 0.833 bits per heavy atom. The summed E-state index contributed by atoms with van der Waals surface area (Å²) in [5.74, 6) is -0.273. The Morgan fingerprint density at radius 1 is 0.321 bits per heavy atom. The first-order chi connectivity index (χ1) is 38.3. The van der Waals surface area contributed by atoms with Gasteiger partial charge in [0.05, 0.1) is 33.6 Å². The van der Waals surface area contributed by atoms with E-state index in [0.717, 1.165) is 105 Å². The van der Waals surface area contributed by atoms with Gasteiger partial charge in [-0.1, -0.05) is 271 Å². The maximum atomic E-state index is 14.2. The number of pyridine rings is 2. The van der Waals surface area contributed by atoms with Crippen molar-refractivity contribution in [3.8, 4) is 11.8 Å². The van der Waals surface area contributed by atoms with E-state index in [1.807, 2.05) is 24.3 Å². The van der Waals surface area contributed by atoms with E-state index in [1.165, 1.54) is 205 Å². The van der Waals surface area contributed by atoms with Crippen LogP contribution in [-0.4, -0.2) is 32.3 Å². The molecule has 0 aliphatic heterocycles. The topological polar surface area (TPSA) is 131 Å². The van der Waals surface area contributed by atoms with Gasteiger partial charge in [0.2, 0.25) is 0 Å². The number of unbranched alkanes of at least 4 members (excludes halogenated alkanes) is 32. The second-order valence-electron chi connectivity index (χ2n) is 24.1. The van der Waals surface area contributed by atoms with Crippen molar-refractivity contribution >= 4 is 64.6 Å². The Hall–Kier alpha value is -4.72. The Bertz CT molecular complexity index is 2850. The van der Waals surface area contributed by atoms with Crippen molar-refractivity contribution in [2.75, 3.05) is 0 Å². The van der Waals surface area contributed by atoms with Gasteiger partial charge in [0, 0.05) is 43.1 Å². The Balaban J connectivity index is 1.34. The number of H-pyrrole nitrogens is 2. The molecule has 2 aromatic heterocycles. The number of aromatic amines is 2. The van der Waals surface area contributed by atoms with Gasteiger partial charge in [-0.2, -0.15) is 0 Å². The van der Waals surface area contributed by atoms with Crippen molar-refractivity contribution in [1.82, 2.24) is 9.97 Å². The van der Waals surface area contributed by atoms with Gasteiger partial charge >= 0.3 is 0 Å². The maximum absolute atomic E-state index is 14.2. The van der Waals surface area contributed by atoms with Gasteiger partial charge in [-0.25, -0.2) is 0 Å². The molecule has 2 heterocycles. The first kappa shape index (κ1) is 60.9. The minimum atomic E-state index is -0.325. The van der Waals surface area contributed by atoms with Crippen molar-refractivity contribution in [2.24, 2.45) is 9.98 Å². The average Bonchev–Trinajstić information content (AvgIpc) is 3.31. The molecule has 0 unspecified atom stereocenters. The molecule has 0 spiro atoms. The van der Waals surface area contributed by atoms with Gasteiger partial charge < -0.3 is 10.2 Å². The number of nitrogens with one attached hydrogen (secondary N) is 2. The van der Waals surface area contributed by atoms with Crippen LogP contribution >= 0.6 is 0 Å². The number of fused-ring (bicyclic) bond motifs is 2. The second kappa shape index (κ2) is 33.1. The highest BCUT2D eigenvalue weighted by Crippen LogP contribution is 2.44. The molecule has 0 amide bonds. The molecule has 428 valence electrons. The molecule has 0 aliphatic rings. The van der Waals surface area contributed by atoms with Crippen LogP contribution in [-0.2, 0) is 0 Å². The summed E-state index contributed by atoms with van der Waals surface area (Å²) in [5, 5.41) is 33.8. The maximum Gasteiger partial charge on any atom is 0.258 e. The number of rotatable bonds is 42. The molecule has 5 aromatic carbocycles. The molecule has 0 fully saturated rings. The highest BCUT2D eigenvalue weighted by atomic mass is 16.3. The molecule has 0 saturated heterocycles. The summed E-state index contributed by atoms with van der Waals surface area (Å²) >= 11 is 0. The zero-order valence-electron chi connectivity index (χ0n) is 49.5. The van der Waals surface area contributed by atoms with Crippen molar-refractivity contribution in [3.05, 3.63) is 67.8 Å². The molecule has 0 radical (unpaired) electrons. The Labute approximate surface area is 468 Å². The predicted molar refractivity (Wildman–Crippen MR) is 336 cm³/mol. The third kappa shape index (κ3) is 16.7. The normalized spacial score (nSPS) is 12.9. The van der Waals surface area contributed by atoms with E-state index < -0.39 is 0 Å². The molecule has 0 saturated carbocycles. The van der Waals surface area contributed by atoms with E-state index in [1.54, 1.807) is 0 Å². The second-order valence-corrected chi connectivity index (χ2v) is 24.1. The number of hydrogen-bond acceptors (Lipinski definition) is 6. The third-order valence-corrected chi connectivity index (χ3v) is 17.7. The fourth-order valence-electron chi connectivity index (χ4n) is 13.2.